The van der Waals surface area contributed by atoms with Crippen LogP contribution in [0.4, 0.5) is 4.79 Å². The highest BCUT2D eigenvalue weighted by atomic mass is 16.6. The molecule has 5 heteroatoms. The number of rotatable bonds is 2. The SMILES string of the molecule is CC1(C)COC2(CCC(NNC(=O)OC(C)(C)C)CC2)C1. The third-order valence-corrected chi connectivity index (χ3v) is 4.24. The van der Waals surface area contributed by atoms with Crippen LogP contribution in [0.15, 0.2) is 0 Å². The molecule has 0 aromatic carbocycles. The summed E-state index contributed by atoms with van der Waals surface area (Å²) in [6.45, 7) is 11.0. The molecule has 1 heterocycles. The highest BCUT2D eigenvalue weighted by molar-refractivity contribution is 5.67. The normalized spacial score (nSPS) is 32.1. The van der Waals surface area contributed by atoms with Gasteiger partial charge in [0.25, 0.3) is 0 Å². The van der Waals surface area contributed by atoms with Crippen LogP contribution in [0.3, 0.4) is 0 Å². The van der Waals surface area contributed by atoms with E-state index in [4.69, 9.17) is 9.47 Å². The second-order valence-corrected chi connectivity index (χ2v) is 8.36. The molecule has 122 valence electrons. The molecule has 0 unspecified atom stereocenters. The number of carbonyl (C=O) groups excluding carboxylic acids is 1. The van der Waals surface area contributed by atoms with Gasteiger partial charge in [0.15, 0.2) is 0 Å². The largest absolute Gasteiger partial charge is 0.443 e. The Labute approximate surface area is 128 Å². The summed E-state index contributed by atoms with van der Waals surface area (Å²) < 4.78 is 11.3. The van der Waals surface area contributed by atoms with Crippen LogP contribution < -0.4 is 10.9 Å². The number of hydrazine groups is 1. The Kier molecular flexibility index (Phi) is 4.54. The van der Waals surface area contributed by atoms with Crippen molar-refractivity contribution in [3.8, 4) is 0 Å². The average molecular weight is 298 g/mol. The summed E-state index contributed by atoms with van der Waals surface area (Å²) >= 11 is 0. The van der Waals surface area contributed by atoms with Crippen LogP contribution in [-0.4, -0.2) is 29.9 Å². The number of amides is 1. The Morgan fingerprint density at radius 3 is 2.33 bits per heavy atom. The van der Waals surface area contributed by atoms with E-state index >= 15 is 0 Å². The first-order valence-electron chi connectivity index (χ1n) is 7.98. The summed E-state index contributed by atoms with van der Waals surface area (Å²) in [7, 11) is 0. The maximum absolute atomic E-state index is 11.6. The molecule has 1 aliphatic heterocycles. The van der Waals surface area contributed by atoms with E-state index in [9.17, 15) is 4.79 Å². The van der Waals surface area contributed by atoms with Gasteiger partial charge in [0, 0.05) is 6.04 Å². The van der Waals surface area contributed by atoms with Crippen molar-refractivity contribution in [2.75, 3.05) is 6.61 Å². The average Bonchev–Trinajstić information content (AvgIpc) is 2.62. The molecule has 21 heavy (non-hydrogen) atoms. The van der Waals surface area contributed by atoms with Crippen LogP contribution >= 0.6 is 0 Å². The lowest BCUT2D eigenvalue weighted by molar-refractivity contribution is -0.0323. The van der Waals surface area contributed by atoms with E-state index < -0.39 is 11.7 Å². The van der Waals surface area contributed by atoms with E-state index in [1.807, 2.05) is 20.8 Å². The Hall–Kier alpha value is -0.810. The van der Waals surface area contributed by atoms with Crippen molar-refractivity contribution in [2.24, 2.45) is 5.41 Å². The number of carbonyl (C=O) groups is 1. The van der Waals surface area contributed by atoms with Gasteiger partial charge < -0.3 is 9.47 Å². The van der Waals surface area contributed by atoms with Crippen LogP contribution in [-0.2, 0) is 9.47 Å². The van der Waals surface area contributed by atoms with Gasteiger partial charge in [-0.25, -0.2) is 10.2 Å². The molecule has 0 aromatic heterocycles. The lowest BCUT2D eigenvalue weighted by Gasteiger charge is -2.37. The van der Waals surface area contributed by atoms with E-state index in [2.05, 4.69) is 24.7 Å². The van der Waals surface area contributed by atoms with Crippen LogP contribution in [0.1, 0.15) is 66.7 Å². The second-order valence-electron chi connectivity index (χ2n) is 8.36. The monoisotopic (exact) mass is 298 g/mol. The van der Waals surface area contributed by atoms with Crippen LogP contribution in [0.2, 0.25) is 0 Å². The quantitative estimate of drug-likeness (QED) is 0.769. The molecule has 1 saturated heterocycles. The van der Waals surface area contributed by atoms with Gasteiger partial charge in [0.2, 0.25) is 0 Å². The van der Waals surface area contributed by atoms with Crippen molar-refractivity contribution in [1.82, 2.24) is 10.9 Å². The zero-order valence-corrected chi connectivity index (χ0v) is 14.0. The molecule has 0 radical (unpaired) electrons. The van der Waals surface area contributed by atoms with Gasteiger partial charge in [-0.15, -0.1) is 0 Å². The zero-order valence-electron chi connectivity index (χ0n) is 14.0. The molecule has 5 nitrogen and oxygen atoms in total. The smallest absolute Gasteiger partial charge is 0.422 e. The summed E-state index contributed by atoms with van der Waals surface area (Å²) in [5.41, 5.74) is 5.65. The minimum absolute atomic E-state index is 0.0770. The van der Waals surface area contributed by atoms with Gasteiger partial charge in [0.1, 0.15) is 5.60 Å². The van der Waals surface area contributed by atoms with Gasteiger partial charge in [-0.1, -0.05) is 13.8 Å². The Balaban J connectivity index is 1.72. The molecule has 1 spiro atoms. The Morgan fingerprint density at radius 1 is 1.24 bits per heavy atom. The molecule has 2 rings (SSSR count). The second kappa shape index (κ2) is 5.76. The fourth-order valence-electron chi connectivity index (χ4n) is 3.40. The van der Waals surface area contributed by atoms with Crippen molar-refractivity contribution >= 4 is 6.09 Å². The summed E-state index contributed by atoms with van der Waals surface area (Å²) in [5.74, 6) is 0. The molecule has 0 aromatic rings. The lowest BCUT2D eigenvalue weighted by Crippen LogP contribution is -2.49. The highest BCUT2D eigenvalue weighted by Gasteiger charge is 2.46. The predicted octanol–water partition coefficient (Wildman–Crippen LogP) is 3.14. The topological polar surface area (TPSA) is 59.6 Å². The predicted molar refractivity (Wildman–Crippen MR) is 81.8 cm³/mol. The van der Waals surface area contributed by atoms with E-state index in [0.717, 1.165) is 38.7 Å². The van der Waals surface area contributed by atoms with Crippen LogP contribution in [0.25, 0.3) is 0 Å². The molecular formula is C16H30N2O3. The van der Waals surface area contributed by atoms with Crippen molar-refractivity contribution in [1.29, 1.82) is 0 Å². The van der Waals surface area contributed by atoms with Crippen molar-refractivity contribution < 1.29 is 14.3 Å². The zero-order chi connectivity index (χ0) is 15.7. The molecule has 2 N–H and O–H groups in total. The van der Waals surface area contributed by atoms with Crippen molar-refractivity contribution in [3.05, 3.63) is 0 Å². The minimum atomic E-state index is -0.467. The van der Waals surface area contributed by atoms with Crippen LogP contribution in [0.5, 0.6) is 0 Å². The molecule has 2 fully saturated rings. The number of ether oxygens (including phenoxy) is 2. The Bertz CT molecular complexity index is 379. The first-order chi connectivity index (χ1) is 9.59. The van der Waals surface area contributed by atoms with E-state index in [-0.39, 0.29) is 5.60 Å². The fourth-order valence-corrected chi connectivity index (χ4v) is 3.40. The summed E-state index contributed by atoms with van der Waals surface area (Å²) in [6, 6.07) is 0.301. The molecule has 2 aliphatic rings. The van der Waals surface area contributed by atoms with E-state index in [1.54, 1.807) is 0 Å². The third kappa shape index (κ3) is 4.85. The van der Waals surface area contributed by atoms with Crippen LogP contribution in [0, 0.1) is 5.41 Å². The van der Waals surface area contributed by atoms with Gasteiger partial charge in [-0.05, 0) is 58.3 Å². The molecular weight excluding hydrogens is 268 g/mol. The van der Waals surface area contributed by atoms with Crippen molar-refractivity contribution in [3.63, 3.8) is 0 Å². The van der Waals surface area contributed by atoms with Gasteiger partial charge in [0.05, 0.1) is 12.2 Å². The number of hydrogen-bond donors (Lipinski definition) is 2. The van der Waals surface area contributed by atoms with Gasteiger partial charge in [-0.2, -0.15) is 0 Å². The third-order valence-electron chi connectivity index (χ3n) is 4.24. The summed E-state index contributed by atoms with van der Waals surface area (Å²) in [5, 5.41) is 0. The maximum atomic E-state index is 11.6. The van der Waals surface area contributed by atoms with E-state index in [1.165, 1.54) is 0 Å². The highest BCUT2D eigenvalue weighted by Crippen LogP contribution is 2.46. The first kappa shape index (κ1) is 16.6. The minimum Gasteiger partial charge on any atom is -0.443 e. The van der Waals surface area contributed by atoms with Crippen molar-refractivity contribution in [2.45, 2.75) is 84.0 Å². The van der Waals surface area contributed by atoms with E-state index in [0.29, 0.717) is 11.5 Å². The standard InChI is InChI=1S/C16H30N2O3/c1-14(2,3)21-13(19)18-17-12-6-8-16(9-7-12)10-15(4,5)11-20-16/h12,17H,6-11H2,1-5H3,(H,18,19). The molecule has 1 amide bonds. The molecule has 0 bridgehead atoms. The number of nitrogens with one attached hydrogen (secondary N) is 2. The fraction of sp³-hybridized carbons (Fsp3) is 0.938. The number of hydrogen-bond acceptors (Lipinski definition) is 4. The van der Waals surface area contributed by atoms with Gasteiger partial charge >= 0.3 is 6.09 Å². The molecule has 0 atom stereocenters. The summed E-state index contributed by atoms with van der Waals surface area (Å²) in [4.78, 5) is 11.6. The summed E-state index contributed by atoms with van der Waals surface area (Å²) in [6.07, 6.45) is 4.89. The molecule has 1 saturated carbocycles. The maximum Gasteiger partial charge on any atom is 0.422 e. The first-order valence-corrected chi connectivity index (χ1v) is 7.98. The Morgan fingerprint density at radius 2 is 1.86 bits per heavy atom. The van der Waals surface area contributed by atoms with Gasteiger partial charge in [-0.3, -0.25) is 5.43 Å². The molecule has 1 aliphatic carbocycles. The lowest BCUT2D eigenvalue weighted by atomic mass is 9.75.